The van der Waals surface area contributed by atoms with Crippen LogP contribution < -0.4 is 0 Å². The maximum absolute atomic E-state index is 12.8. The molecular weight excluding hydrogens is 805 g/mol. The van der Waals surface area contributed by atoms with Gasteiger partial charge in [0.2, 0.25) is 0 Å². The van der Waals surface area contributed by atoms with E-state index in [0.29, 0.717) is 25.7 Å². The van der Waals surface area contributed by atoms with Gasteiger partial charge in [0.15, 0.2) is 6.10 Å². The van der Waals surface area contributed by atoms with Gasteiger partial charge in [-0.05, 0) is 116 Å². The number of hydrogen-bond acceptors (Lipinski definition) is 6. The molecule has 0 radical (unpaired) electrons. The Morgan fingerprint density at radius 1 is 0.323 bits per heavy atom. The van der Waals surface area contributed by atoms with Crippen LogP contribution in [0.3, 0.4) is 0 Å². The fraction of sp³-hybridized carbons (Fsp3) is 0.576. The van der Waals surface area contributed by atoms with Gasteiger partial charge in [-0.15, -0.1) is 0 Å². The Morgan fingerprint density at radius 2 is 0.600 bits per heavy atom. The van der Waals surface area contributed by atoms with Gasteiger partial charge < -0.3 is 14.2 Å². The lowest BCUT2D eigenvalue weighted by Gasteiger charge is -2.18. The normalized spacial score (nSPS) is 13.2. The molecule has 0 rings (SSSR count). The molecule has 0 fully saturated rings. The molecular formula is C59H92O6. The molecule has 65 heavy (non-hydrogen) atoms. The van der Waals surface area contributed by atoms with E-state index in [2.05, 4.69) is 154 Å². The number of ether oxygens (including phenoxy) is 3. The van der Waals surface area contributed by atoms with Gasteiger partial charge in [0.05, 0.1) is 0 Å². The highest BCUT2D eigenvalue weighted by atomic mass is 16.6. The minimum atomic E-state index is -0.815. The maximum atomic E-state index is 12.8. The summed E-state index contributed by atoms with van der Waals surface area (Å²) in [5, 5.41) is 0. The smallest absolute Gasteiger partial charge is 0.306 e. The third kappa shape index (κ3) is 50.4. The van der Waals surface area contributed by atoms with Crippen LogP contribution in [-0.2, 0) is 28.6 Å². The highest BCUT2D eigenvalue weighted by Gasteiger charge is 2.19. The van der Waals surface area contributed by atoms with Crippen molar-refractivity contribution in [3.63, 3.8) is 0 Å². The molecule has 0 saturated carbocycles. The van der Waals surface area contributed by atoms with Crippen LogP contribution in [0.4, 0.5) is 0 Å². The van der Waals surface area contributed by atoms with Crippen LogP contribution in [0.25, 0.3) is 0 Å². The molecule has 1 atom stereocenters. The molecule has 0 aromatic rings. The average molecular weight is 897 g/mol. The first kappa shape index (κ1) is 60.5. The number of hydrogen-bond donors (Lipinski definition) is 0. The summed E-state index contributed by atoms with van der Waals surface area (Å²) in [4.78, 5) is 37.8. The van der Waals surface area contributed by atoms with Gasteiger partial charge >= 0.3 is 17.9 Å². The first-order valence-corrected chi connectivity index (χ1v) is 25.7. The Kier molecular flexibility index (Phi) is 48.6. The summed E-state index contributed by atoms with van der Waals surface area (Å²) in [6, 6.07) is 0. The van der Waals surface area contributed by atoms with Crippen LogP contribution in [0.15, 0.2) is 134 Å². The number of esters is 3. The molecule has 0 aliphatic heterocycles. The Labute approximate surface area is 398 Å². The number of carbonyl (C=O) groups excluding carboxylic acids is 3. The molecule has 0 bridgehead atoms. The van der Waals surface area contributed by atoms with Crippen molar-refractivity contribution in [3.05, 3.63) is 134 Å². The predicted octanol–water partition coefficient (Wildman–Crippen LogP) is 17.1. The van der Waals surface area contributed by atoms with Crippen LogP contribution >= 0.6 is 0 Å². The molecule has 0 aliphatic carbocycles. The van der Waals surface area contributed by atoms with E-state index in [-0.39, 0.29) is 37.5 Å². The molecule has 6 heteroatoms. The fourth-order valence-corrected chi connectivity index (χ4v) is 6.35. The largest absolute Gasteiger partial charge is 0.462 e. The first-order valence-electron chi connectivity index (χ1n) is 25.7. The maximum Gasteiger partial charge on any atom is 0.306 e. The van der Waals surface area contributed by atoms with Gasteiger partial charge in [0.1, 0.15) is 13.2 Å². The van der Waals surface area contributed by atoms with E-state index in [1.54, 1.807) is 0 Å². The zero-order valence-corrected chi connectivity index (χ0v) is 41.4. The number of rotatable bonds is 44. The van der Waals surface area contributed by atoms with Crippen LogP contribution in [0.1, 0.15) is 201 Å². The summed E-state index contributed by atoms with van der Waals surface area (Å²) in [7, 11) is 0. The van der Waals surface area contributed by atoms with Crippen molar-refractivity contribution >= 4 is 17.9 Å². The van der Waals surface area contributed by atoms with Gasteiger partial charge in [-0.1, -0.05) is 199 Å². The third-order valence-electron chi connectivity index (χ3n) is 10.2. The fourth-order valence-electron chi connectivity index (χ4n) is 6.35. The van der Waals surface area contributed by atoms with Crippen molar-refractivity contribution in [1.29, 1.82) is 0 Å². The van der Waals surface area contributed by atoms with Gasteiger partial charge in [-0.25, -0.2) is 0 Å². The molecule has 0 spiro atoms. The summed E-state index contributed by atoms with van der Waals surface area (Å²) in [5.41, 5.74) is 0. The lowest BCUT2D eigenvalue weighted by molar-refractivity contribution is -0.167. The van der Waals surface area contributed by atoms with Crippen molar-refractivity contribution in [1.82, 2.24) is 0 Å². The molecule has 0 aliphatic rings. The van der Waals surface area contributed by atoms with Crippen molar-refractivity contribution in [2.75, 3.05) is 13.2 Å². The van der Waals surface area contributed by atoms with E-state index in [9.17, 15) is 14.4 Å². The Balaban J connectivity index is 4.44. The van der Waals surface area contributed by atoms with Crippen molar-refractivity contribution in [2.45, 2.75) is 207 Å². The second-order valence-electron chi connectivity index (χ2n) is 16.3. The van der Waals surface area contributed by atoms with E-state index in [1.807, 2.05) is 0 Å². The predicted molar refractivity (Wildman–Crippen MR) is 279 cm³/mol. The highest BCUT2D eigenvalue weighted by Crippen LogP contribution is 2.12. The van der Waals surface area contributed by atoms with Gasteiger partial charge in [-0.2, -0.15) is 0 Å². The van der Waals surface area contributed by atoms with Crippen LogP contribution in [-0.4, -0.2) is 37.2 Å². The summed E-state index contributed by atoms with van der Waals surface area (Å²) >= 11 is 0. The molecule has 0 N–H and O–H groups in total. The third-order valence-corrected chi connectivity index (χ3v) is 10.2. The Morgan fingerprint density at radius 3 is 0.969 bits per heavy atom. The molecule has 6 nitrogen and oxygen atoms in total. The second kappa shape index (κ2) is 52.2. The number of unbranched alkanes of at least 4 members (excludes halogenated alkanes) is 11. The lowest BCUT2D eigenvalue weighted by Crippen LogP contribution is -2.30. The Bertz CT molecular complexity index is 1450. The average Bonchev–Trinajstić information content (AvgIpc) is 3.30. The van der Waals surface area contributed by atoms with Crippen molar-refractivity contribution < 1.29 is 28.6 Å². The second-order valence-corrected chi connectivity index (χ2v) is 16.3. The minimum absolute atomic E-state index is 0.110. The van der Waals surface area contributed by atoms with E-state index in [0.717, 1.165) is 122 Å². The molecule has 0 heterocycles. The topological polar surface area (TPSA) is 78.9 Å². The van der Waals surface area contributed by atoms with Crippen molar-refractivity contribution in [2.24, 2.45) is 0 Å². The summed E-state index contributed by atoms with van der Waals surface area (Å²) in [5.74, 6) is -1.01. The summed E-state index contributed by atoms with van der Waals surface area (Å²) in [6.45, 7) is 6.27. The van der Waals surface area contributed by atoms with E-state index in [1.165, 1.54) is 25.7 Å². The van der Waals surface area contributed by atoms with Gasteiger partial charge in [0.25, 0.3) is 0 Å². The molecule has 0 amide bonds. The first-order chi connectivity index (χ1) is 32.0. The van der Waals surface area contributed by atoms with E-state index < -0.39 is 6.10 Å². The Hall–Kier alpha value is -4.45. The monoisotopic (exact) mass is 897 g/mol. The molecule has 0 saturated heterocycles. The zero-order valence-electron chi connectivity index (χ0n) is 41.4. The molecule has 0 aromatic heterocycles. The van der Waals surface area contributed by atoms with Crippen LogP contribution in [0.5, 0.6) is 0 Å². The summed E-state index contributed by atoms with van der Waals surface area (Å²) < 4.78 is 16.7. The highest BCUT2D eigenvalue weighted by molar-refractivity contribution is 5.71. The zero-order chi connectivity index (χ0) is 47.2. The SMILES string of the molecule is CC/C=C\C/C=C\C/C=C\C/C=C\C/C=C\C/C=C\CCCCC(=O)OCC(COC(=O)CCCCCCCCC)OC(=O)CCCCC/C=C\C/C=C\C/C=C\C/C=C\C/C=C\CC. The lowest BCUT2D eigenvalue weighted by atomic mass is 10.1. The standard InChI is InChI=1S/C59H92O6/c1-4-7-10-13-16-18-20-22-24-26-28-29-31-32-34-36-38-40-43-46-49-52-58(61)64-55-56(54-63-57(60)51-48-45-42-15-12-9-6-3)65-59(62)53-50-47-44-41-39-37-35-33-30-27-25-23-21-19-17-14-11-8-5-2/h7-8,10-11,16-19,22-25,28-30,32-34,37-40,56H,4-6,9,12-15,20-21,26-27,31,35-36,41-55H2,1-3H3/b10-7-,11-8-,18-16-,19-17-,24-22-,25-23-,29-28-,33-30-,34-32-,39-37-,40-38-. The molecule has 364 valence electrons. The molecule has 0 aromatic carbocycles. The van der Waals surface area contributed by atoms with Crippen LogP contribution in [0, 0.1) is 0 Å². The number of allylic oxidation sites excluding steroid dienone is 22. The van der Waals surface area contributed by atoms with E-state index in [4.69, 9.17) is 14.2 Å². The van der Waals surface area contributed by atoms with Gasteiger partial charge in [-0.3, -0.25) is 14.4 Å². The quantitative estimate of drug-likeness (QED) is 0.0262. The van der Waals surface area contributed by atoms with Crippen LogP contribution in [0.2, 0.25) is 0 Å². The molecule has 1 unspecified atom stereocenters. The van der Waals surface area contributed by atoms with Crippen molar-refractivity contribution in [3.8, 4) is 0 Å². The number of carbonyl (C=O) groups is 3. The minimum Gasteiger partial charge on any atom is -0.462 e. The van der Waals surface area contributed by atoms with E-state index >= 15 is 0 Å². The summed E-state index contributed by atoms with van der Waals surface area (Å²) in [6.07, 6.45) is 73.1. The van der Waals surface area contributed by atoms with Gasteiger partial charge in [0, 0.05) is 19.3 Å².